The van der Waals surface area contributed by atoms with Crippen molar-refractivity contribution in [2.75, 3.05) is 6.61 Å². The Balaban J connectivity index is 5.27. The maximum atomic E-state index is 6.10. The normalized spacial score (nSPS) is 15.8. The van der Waals surface area contributed by atoms with E-state index in [1.165, 1.54) is 0 Å². The van der Waals surface area contributed by atoms with Crippen molar-refractivity contribution in [3.63, 3.8) is 0 Å². The molecule has 0 fully saturated rings. The van der Waals surface area contributed by atoms with Crippen molar-refractivity contribution >= 4 is 26.5 Å². The Kier molecular flexibility index (Phi) is 7.89. The quantitative estimate of drug-likeness (QED) is 0.468. The van der Waals surface area contributed by atoms with E-state index in [0.717, 1.165) is 13.0 Å². The summed E-state index contributed by atoms with van der Waals surface area (Å²) in [6.07, 6.45) is 1.12. The molecule has 2 radical (unpaired) electrons. The summed E-state index contributed by atoms with van der Waals surface area (Å²) in [6.45, 7) is 24.2. The summed E-state index contributed by atoms with van der Waals surface area (Å²) < 4.78 is 14.4. The smallest absolute Gasteiger partial charge is 0.393 e. The minimum absolute atomic E-state index is 0.143. The van der Waals surface area contributed by atoms with Gasteiger partial charge < -0.3 is 13.1 Å². The van der Waals surface area contributed by atoms with Gasteiger partial charge in [0.25, 0.3) is 0 Å². The summed E-state index contributed by atoms with van der Waals surface area (Å²) in [5.74, 6) is 0. The highest BCUT2D eigenvalue weighted by molar-refractivity contribution is 6.89. The third-order valence-electron chi connectivity index (χ3n) is 3.45. The van der Waals surface area contributed by atoms with Gasteiger partial charge in [0, 0.05) is 12.6 Å². The molecule has 0 rings (SSSR count). The van der Waals surface area contributed by atoms with E-state index in [1.54, 1.807) is 0 Å². The average molecular weight is 334 g/mol. The molecule has 0 amide bonds. The van der Waals surface area contributed by atoms with E-state index in [1.807, 2.05) is 6.92 Å². The Labute approximate surface area is 131 Å². The average Bonchev–Trinajstić information content (AvgIpc) is 2.21. The Hall–Kier alpha value is 0.531. The van der Waals surface area contributed by atoms with E-state index >= 15 is 0 Å². The molecule has 0 N–H and O–H groups in total. The summed E-state index contributed by atoms with van der Waals surface area (Å²) in [5.41, 5.74) is -0.164. The van der Waals surface area contributed by atoms with Crippen LogP contribution >= 0.6 is 0 Å². The van der Waals surface area contributed by atoms with E-state index in [2.05, 4.69) is 64.3 Å². The second-order valence-electron chi connectivity index (χ2n) is 7.86. The zero-order valence-corrected chi connectivity index (χ0v) is 18.3. The van der Waals surface area contributed by atoms with Crippen LogP contribution in [0.15, 0.2) is 0 Å². The highest BCUT2D eigenvalue weighted by atomic mass is 28.4. The fourth-order valence-corrected chi connectivity index (χ4v) is 14.6. The highest BCUT2D eigenvalue weighted by Crippen LogP contribution is 2.32. The lowest BCUT2D eigenvalue weighted by atomic mass is 9.98. The molecule has 0 aromatic carbocycles. The Morgan fingerprint density at radius 2 is 1.45 bits per heavy atom. The standard InChI is InChI=1S/C14H35NO2Si3/c1-11-13(14(3,4)17-18-16-12-2)15(19(5,6)7)20(8,9)10/h13H,11-12H2,1-10H3. The molecule has 0 saturated carbocycles. The predicted molar refractivity (Wildman–Crippen MR) is 95.2 cm³/mol. The molecule has 3 nitrogen and oxygen atoms in total. The molecule has 0 spiro atoms. The van der Waals surface area contributed by atoms with Gasteiger partial charge in [-0.15, -0.1) is 0 Å². The van der Waals surface area contributed by atoms with Crippen LogP contribution in [0.4, 0.5) is 0 Å². The van der Waals surface area contributed by atoms with Crippen molar-refractivity contribution in [2.45, 2.75) is 85.0 Å². The lowest BCUT2D eigenvalue weighted by molar-refractivity contribution is 0.0288. The maximum absolute atomic E-state index is 6.10. The first-order chi connectivity index (χ1) is 8.88. The zero-order valence-electron chi connectivity index (χ0n) is 15.3. The van der Waals surface area contributed by atoms with Crippen LogP contribution in [0.2, 0.25) is 39.3 Å². The van der Waals surface area contributed by atoms with Crippen molar-refractivity contribution in [1.82, 2.24) is 4.23 Å². The molecule has 120 valence electrons. The molecule has 6 heteroatoms. The molecular weight excluding hydrogens is 298 g/mol. The molecule has 0 bridgehead atoms. The van der Waals surface area contributed by atoms with Crippen molar-refractivity contribution < 1.29 is 8.85 Å². The van der Waals surface area contributed by atoms with E-state index in [0.29, 0.717) is 6.04 Å². The first kappa shape index (κ1) is 20.5. The van der Waals surface area contributed by atoms with E-state index in [-0.39, 0.29) is 15.6 Å². The SMILES string of the molecule is CCO[Si]OC(C)(C)C(CC)N([Si](C)(C)C)[Si](C)(C)C. The summed E-state index contributed by atoms with van der Waals surface area (Å²) in [4.78, 5) is 0. The first-order valence-electron chi connectivity index (χ1n) is 7.72. The van der Waals surface area contributed by atoms with Gasteiger partial charge in [-0.1, -0.05) is 46.2 Å². The summed E-state index contributed by atoms with van der Waals surface area (Å²) in [7, 11) is -2.63. The molecule has 1 atom stereocenters. The Bertz CT molecular complexity index is 271. The third kappa shape index (κ3) is 6.11. The van der Waals surface area contributed by atoms with Crippen LogP contribution in [-0.4, -0.2) is 49.0 Å². The summed E-state index contributed by atoms with van der Waals surface area (Å²) >= 11 is 0. The van der Waals surface area contributed by atoms with Crippen LogP contribution in [-0.2, 0) is 8.85 Å². The Morgan fingerprint density at radius 1 is 1.00 bits per heavy atom. The number of hydrogen-bond acceptors (Lipinski definition) is 3. The van der Waals surface area contributed by atoms with Gasteiger partial charge in [-0.05, 0) is 27.2 Å². The van der Waals surface area contributed by atoms with E-state index < -0.39 is 16.5 Å². The van der Waals surface area contributed by atoms with Crippen molar-refractivity contribution in [2.24, 2.45) is 0 Å². The van der Waals surface area contributed by atoms with Crippen molar-refractivity contribution in [3.05, 3.63) is 0 Å². The van der Waals surface area contributed by atoms with Gasteiger partial charge in [-0.25, -0.2) is 0 Å². The van der Waals surface area contributed by atoms with E-state index in [4.69, 9.17) is 8.85 Å². The summed E-state index contributed by atoms with van der Waals surface area (Å²) in [5, 5.41) is 0. The van der Waals surface area contributed by atoms with E-state index in [9.17, 15) is 0 Å². The largest absolute Gasteiger partial charge is 0.433 e. The lowest BCUT2D eigenvalue weighted by Crippen LogP contribution is -2.68. The molecule has 20 heavy (non-hydrogen) atoms. The molecule has 0 saturated heterocycles. The predicted octanol–water partition coefficient (Wildman–Crippen LogP) is 4.10. The zero-order chi connectivity index (χ0) is 16.2. The van der Waals surface area contributed by atoms with Crippen LogP contribution in [0.25, 0.3) is 0 Å². The molecule has 0 aliphatic rings. The second-order valence-corrected chi connectivity index (χ2v) is 18.6. The van der Waals surface area contributed by atoms with Crippen LogP contribution in [0.1, 0.15) is 34.1 Å². The highest BCUT2D eigenvalue weighted by Gasteiger charge is 2.44. The molecule has 0 aromatic rings. The second kappa shape index (κ2) is 7.69. The van der Waals surface area contributed by atoms with Gasteiger partial charge >= 0.3 is 10.0 Å². The maximum Gasteiger partial charge on any atom is 0.433 e. The van der Waals surface area contributed by atoms with Gasteiger partial charge in [-0.3, -0.25) is 0 Å². The van der Waals surface area contributed by atoms with Gasteiger partial charge in [0.15, 0.2) is 0 Å². The molecular formula is C14H35NO2Si3. The molecule has 0 aliphatic heterocycles. The monoisotopic (exact) mass is 333 g/mol. The van der Waals surface area contributed by atoms with Crippen molar-refractivity contribution in [1.29, 1.82) is 0 Å². The van der Waals surface area contributed by atoms with Crippen LogP contribution in [0.5, 0.6) is 0 Å². The van der Waals surface area contributed by atoms with Crippen LogP contribution in [0, 0.1) is 0 Å². The number of nitrogens with zero attached hydrogens (tertiary/aromatic N) is 1. The van der Waals surface area contributed by atoms with Gasteiger partial charge in [0.05, 0.1) is 5.60 Å². The minimum Gasteiger partial charge on any atom is -0.393 e. The lowest BCUT2D eigenvalue weighted by Gasteiger charge is -2.53. The van der Waals surface area contributed by atoms with Gasteiger partial charge in [0.2, 0.25) is 0 Å². The van der Waals surface area contributed by atoms with Gasteiger partial charge in [-0.2, -0.15) is 0 Å². The number of rotatable bonds is 9. The molecule has 0 aromatic heterocycles. The summed E-state index contributed by atoms with van der Waals surface area (Å²) in [6, 6.07) is 0.466. The first-order valence-corrected chi connectivity index (χ1v) is 15.4. The third-order valence-corrected chi connectivity index (χ3v) is 12.0. The van der Waals surface area contributed by atoms with Gasteiger partial charge in [0.1, 0.15) is 16.5 Å². The van der Waals surface area contributed by atoms with Crippen molar-refractivity contribution in [3.8, 4) is 0 Å². The minimum atomic E-state index is -1.39. The topological polar surface area (TPSA) is 21.7 Å². The fourth-order valence-electron chi connectivity index (χ4n) is 3.19. The number of hydrogen-bond donors (Lipinski definition) is 0. The van der Waals surface area contributed by atoms with Crippen LogP contribution in [0.3, 0.4) is 0 Å². The Morgan fingerprint density at radius 3 is 1.75 bits per heavy atom. The fraction of sp³-hybridized carbons (Fsp3) is 1.00. The molecule has 0 heterocycles. The molecule has 0 aliphatic carbocycles. The molecule has 1 unspecified atom stereocenters. The van der Waals surface area contributed by atoms with Crippen LogP contribution < -0.4 is 0 Å².